The topological polar surface area (TPSA) is 58.1 Å². The van der Waals surface area contributed by atoms with Crippen molar-refractivity contribution in [3.8, 4) is 0 Å². The van der Waals surface area contributed by atoms with Gasteiger partial charge in [-0.1, -0.05) is 19.1 Å². The SMILES string of the molecule is CCc1ccc(C(=O)NCc2ccnc(N(C)C)n2)cc1. The van der Waals surface area contributed by atoms with E-state index < -0.39 is 0 Å². The highest BCUT2D eigenvalue weighted by atomic mass is 16.1. The van der Waals surface area contributed by atoms with Gasteiger partial charge in [0.2, 0.25) is 5.95 Å². The van der Waals surface area contributed by atoms with Crippen molar-refractivity contribution < 1.29 is 4.79 Å². The van der Waals surface area contributed by atoms with Gasteiger partial charge in [-0.2, -0.15) is 0 Å². The molecule has 5 nitrogen and oxygen atoms in total. The molecule has 1 amide bonds. The number of benzene rings is 1. The quantitative estimate of drug-likeness (QED) is 0.912. The molecule has 0 spiro atoms. The van der Waals surface area contributed by atoms with E-state index in [1.807, 2.05) is 43.3 Å². The molecule has 0 aliphatic rings. The molecule has 1 heterocycles. The Balaban J connectivity index is 1.98. The second-order valence-electron chi connectivity index (χ2n) is 4.98. The summed E-state index contributed by atoms with van der Waals surface area (Å²) in [7, 11) is 3.76. The van der Waals surface area contributed by atoms with Gasteiger partial charge in [-0.3, -0.25) is 4.79 Å². The Bertz CT molecular complexity index is 608. The van der Waals surface area contributed by atoms with E-state index in [-0.39, 0.29) is 5.91 Å². The number of aryl methyl sites for hydroxylation is 1. The van der Waals surface area contributed by atoms with Gasteiger partial charge < -0.3 is 10.2 Å². The van der Waals surface area contributed by atoms with Crippen molar-refractivity contribution in [2.75, 3.05) is 19.0 Å². The average molecular weight is 284 g/mol. The molecule has 0 aliphatic heterocycles. The van der Waals surface area contributed by atoms with Crippen LogP contribution in [0.1, 0.15) is 28.5 Å². The largest absolute Gasteiger partial charge is 0.347 e. The molecule has 2 rings (SSSR count). The minimum atomic E-state index is -0.0948. The molecule has 5 heteroatoms. The molecule has 1 N–H and O–H groups in total. The summed E-state index contributed by atoms with van der Waals surface area (Å²) in [4.78, 5) is 22.4. The Hall–Kier alpha value is -2.43. The van der Waals surface area contributed by atoms with Crippen LogP contribution in [-0.2, 0) is 13.0 Å². The first kappa shape index (κ1) is 15.0. The normalized spacial score (nSPS) is 10.2. The number of carbonyl (C=O) groups excluding carboxylic acids is 1. The highest BCUT2D eigenvalue weighted by molar-refractivity contribution is 5.94. The van der Waals surface area contributed by atoms with Crippen LogP contribution in [0, 0.1) is 0 Å². The molecule has 0 radical (unpaired) electrons. The third kappa shape index (κ3) is 4.02. The second kappa shape index (κ2) is 6.83. The van der Waals surface area contributed by atoms with E-state index in [0.29, 0.717) is 18.1 Å². The lowest BCUT2D eigenvalue weighted by Gasteiger charge is -2.11. The van der Waals surface area contributed by atoms with Crippen LogP contribution in [-0.4, -0.2) is 30.0 Å². The van der Waals surface area contributed by atoms with Crippen LogP contribution < -0.4 is 10.2 Å². The first-order chi connectivity index (χ1) is 10.1. The van der Waals surface area contributed by atoms with Gasteiger partial charge in [0.15, 0.2) is 0 Å². The summed E-state index contributed by atoms with van der Waals surface area (Å²) in [6.07, 6.45) is 2.66. The summed E-state index contributed by atoms with van der Waals surface area (Å²) < 4.78 is 0. The zero-order chi connectivity index (χ0) is 15.2. The summed E-state index contributed by atoms with van der Waals surface area (Å²) in [6.45, 7) is 2.48. The van der Waals surface area contributed by atoms with Gasteiger partial charge in [0.1, 0.15) is 0 Å². The molecule has 110 valence electrons. The summed E-state index contributed by atoms with van der Waals surface area (Å²) >= 11 is 0. The van der Waals surface area contributed by atoms with E-state index in [0.717, 1.165) is 12.1 Å². The molecule has 0 fully saturated rings. The van der Waals surface area contributed by atoms with E-state index in [1.165, 1.54) is 5.56 Å². The van der Waals surface area contributed by atoms with Crippen molar-refractivity contribution in [2.24, 2.45) is 0 Å². The Labute approximate surface area is 125 Å². The molecule has 1 aromatic carbocycles. The molecule has 1 aromatic heterocycles. The molecular formula is C16H20N4O. The van der Waals surface area contributed by atoms with Gasteiger partial charge >= 0.3 is 0 Å². The monoisotopic (exact) mass is 284 g/mol. The zero-order valence-corrected chi connectivity index (χ0v) is 12.6. The Morgan fingerprint density at radius 1 is 1.19 bits per heavy atom. The van der Waals surface area contributed by atoms with Gasteiger partial charge in [0.05, 0.1) is 12.2 Å². The number of rotatable bonds is 5. The first-order valence-corrected chi connectivity index (χ1v) is 6.96. The molecule has 0 saturated heterocycles. The van der Waals surface area contributed by atoms with Crippen LogP contribution in [0.25, 0.3) is 0 Å². The Morgan fingerprint density at radius 2 is 1.90 bits per heavy atom. The third-order valence-corrected chi connectivity index (χ3v) is 3.15. The first-order valence-electron chi connectivity index (χ1n) is 6.96. The summed E-state index contributed by atoms with van der Waals surface area (Å²) in [5, 5.41) is 2.87. The molecule has 0 saturated carbocycles. The third-order valence-electron chi connectivity index (χ3n) is 3.15. The molecule has 2 aromatic rings. The fourth-order valence-electron chi connectivity index (χ4n) is 1.86. The molecule has 0 bridgehead atoms. The predicted octanol–water partition coefficient (Wildman–Crippen LogP) is 2.04. The van der Waals surface area contributed by atoms with Crippen molar-refractivity contribution in [2.45, 2.75) is 19.9 Å². The van der Waals surface area contributed by atoms with Gasteiger partial charge in [-0.05, 0) is 30.2 Å². The molecule has 0 unspecified atom stereocenters. The second-order valence-corrected chi connectivity index (χ2v) is 4.98. The molecular weight excluding hydrogens is 264 g/mol. The van der Waals surface area contributed by atoms with Crippen LogP contribution >= 0.6 is 0 Å². The number of anilines is 1. The van der Waals surface area contributed by atoms with Crippen molar-refractivity contribution in [3.05, 3.63) is 53.3 Å². The fourth-order valence-corrected chi connectivity index (χ4v) is 1.86. The average Bonchev–Trinajstić information content (AvgIpc) is 2.53. The van der Waals surface area contributed by atoms with Crippen LogP contribution in [0.4, 0.5) is 5.95 Å². The van der Waals surface area contributed by atoms with Crippen LogP contribution in [0.15, 0.2) is 36.5 Å². The summed E-state index contributed by atoms with van der Waals surface area (Å²) in [6, 6.07) is 9.44. The van der Waals surface area contributed by atoms with Gasteiger partial charge in [-0.25, -0.2) is 9.97 Å². The van der Waals surface area contributed by atoms with E-state index in [4.69, 9.17) is 0 Å². The van der Waals surface area contributed by atoms with Gasteiger partial charge in [0, 0.05) is 25.9 Å². The maximum Gasteiger partial charge on any atom is 0.251 e. The highest BCUT2D eigenvalue weighted by Gasteiger charge is 2.06. The number of nitrogens with one attached hydrogen (secondary N) is 1. The lowest BCUT2D eigenvalue weighted by molar-refractivity contribution is 0.0950. The Morgan fingerprint density at radius 3 is 2.52 bits per heavy atom. The fraction of sp³-hybridized carbons (Fsp3) is 0.312. The number of aromatic nitrogens is 2. The van der Waals surface area contributed by atoms with Crippen molar-refractivity contribution in [1.29, 1.82) is 0 Å². The number of nitrogens with zero attached hydrogens (tertiary/aromatic N) is 3. The zero-order valence-electron chi connectivity index (χ0n) is 12.6. The number of hydrogen-bond acceptors (Lipinski definition) is 4. The maximum absolute atomic E-state index is 12.1. The van der Waals surface area contributed by atoms with Crippen molar-refractivity contribution >= 4 is 11.9 Å². The minimum absolute atomic E-state index is 0.0948. The highest BCUT2D eigenvalue weighted by Crippen LogP contribution is 2.06. The lowest BCUT2D eigenvalue weighted by Crippen LogP contribution is -2.24. The summed E-state index contributed by atoms with van der Waals surface area (Å²) in [5.41, 5.74) is 2.67. The van der Waals surface area contributed by atoms with E-state index in [2.05, 4.69) is 22.2 Å². The number of amides is 1. The predicted molar refractivity (Wildman–Crippen MR) is 83.3 cm³/mol. The molecule has 0 atom stereocenters. The minimum Gasteiger partial charge on any atom is -0.347 e. The smallest absolute Gasteiger partial charge is 0.251 e. The van der Waals surface area contributed by atoms with E-state index in [1.54, 1.807) is 12.3 Å². The van der Waals surface area contributed by atoms with Crippen LogP contribution in [0.2, 0.25) is 0 Å². The van der Waals surface area contributed by atoms with Crippen molar-refractivity contribution in [1.82, 2.24) is 15.3 Å². The number of hydrogen-bond donors (Lipinski definition) is 1. The van der Waals surface area contributed by atoms with Crippen molar-refractivity contribution in [3.63, 3.8) is 0 Å². The Kier molecular flexibility index (Phi) is 4.87. The molecule has 21 heavy (non-hydrogen) atoms. The van der Waals surface area contributed by atoms with Gasteiger partial charge in [0.25, 0.3) is 5.91 Å². The van der Waals surface area contributed by atoms with Crippen LogP contribution in [0.5, 0.6) is 0 Å². The standard InChI is InChI=1S/C16H20N4O/c1-4-12-5-7-13(8-6-12)15(21)18-11-14-9-10-17-16(19-14)20(2)3/h5-10H,4,11H2,1-3H3,(H,18,21). The van der Waals surface area contributed by atoms with E-state index in [9.17, 15) is 4.79 Å². The maximum atomic E-state index is 12.1. The summed E-state index contributed by atoms with van der Waals surface area (Å²) in [5.74, 6) is 0.539. The number of carbonyl (C=O) groups is 1. The lowest BCUT2D eigenvalue weighted by atomic mass is 10.1. The van der Waals surface area contributed by atoms with Crippen LogP contribution in [0.3, 0.4) is 0 Å². The van der Waals surface area contributed by atoms with E-state index >= 15 is 0 Å². The molecule has 0 aliphatic carbocycles. The van der Waals surface area contributed by atoms with Gasteiger partial charge in [-0.15, -0.1) is 0 Å².